The van der Waals surface area contributed by atoms with E-state index < -0.39 is 6.03 Å². The zero-order valence-corrected chi connectivity index (χ0v) is 7.38. The van der Waals surface area contributed by atoms with Crippen LogP contribution in [0.5, 0.6) is 0 Å². The van der Waals surface area contributed by atoms with E-state index in [2.05, 4.69) is 0 Å². The number of urea groups is 1. The Kier molecular flexibility index (Phi) is 2.47. The summed E-state index contributed by atoms with van der Waals surface area (Å²) in [6.45, 7) is 3.12. The van der Waals surface area contributed by atoms with Crippen LogP contribution in [0, 0.1) is 0 Å². The molecule has 12 heavy (non-hydrogen) atoms. The summed E-state index contributed by atoms with van der Waals surface area (Å²) in [5.41, 5.74) is 5.22. The molecule has 0 radical (unpaired) electrons. The SMILES string of the molecule is CCC[N+]1(C(N)=O)CCCC1=O. The van der Waals surface area contributed by atoms with Crippen molar-refractivity contribution in [1.82, 2.24) is 0 Å². The molecule has 0 saturated carbocycles. The molecule has 4 nitrogen and oxygen atoms in total. The quantitative estimate of drug-likeness (QED) is 0.619. The molecule has 1 aliphatic rings. The number of nitrogens with zero attached hydrogens (tertiary/aromatic N) is 1. The molecule has 0 aromatic carbocycles. The Balaban J connectivity index is 2.85. The van der Waals surface area contributed by atoms with Gasteiger partial charge in [0.2, 0.25) is 0 Å². The van der Waals surface area contributed by atoms with Gasteiger partial charge in [0.1, 0.15) is 0 Å². The summed E-state index contributed by atoms with van der Waals surface area (Å²) in [4.78, 5) is 22.5. The van der Waals surface area contributed by atoms with Crippen LogP contribution >= 0.6 is 0 Å². The fourth-order valence-corrected chi connectivity index (χ4v) is 1.80. The van der Waals surface area contributed by atoms with Crippen molar-refractivity contribution in [2.24, 2.45) is 5.73 Å². The van der Waals surface area contributed by atoms with Gasteiger partial charge in [0.25, 0.3) is 0 Å². The maximum absolute atomic E-state index is 11.4. The molecule has 2 N–H and O–H groups in total. The minimum Gasteiger partial charge on any atom is -0.318 e. The summed E-state index contributed by atoms with van der Waals surface area (Å²) in [6.07, 6.45) is 2.11. The predicted octanol–water partition coefficient (Wildman–Crippen LogP) is 0.612. The van der Waals surface area contributed by atoms with Crippen LogP contribution in [0.2, 0.25) is 0 Å². The van der Waals surface area contributed by atoms with Gasteiger partial charge in [-0.05, 0) is 6.42 Å². The van der Waals surface area contributed by atoms with Gasteiger partial charge in [0.05, 0.1) is 19.5 Å². The third kappa shape index (κ3) is 1.22. The van der Waals surface area contributed by atoms with Gasteiger partial charge >= 0.3 is 11.9 Å². The van der Waals surface area contributed by atoms with Gasteiger partial charge in [-0.2, -0.15) is 4.48 Å². The highest BCUT2D eigenvalue weighted by Crippen LogP contribution is 2.21. The molecule has 0 bridgehead atoms. The summed E-state index contributed by atoms with van der Waals surface area (Å²) in [7, 11) is 0. The van der Waals surface area contributed by atoms with Crippen molar-refractivity contribution >= 4 is 11.9 Å². The highest BCUT2D eigenvalue weighted by atomic mass is 16.2. The second-order valence-electron chi connectivity index (χ2n) is 3.25. The Hall–Kier alpha value is -0.900. The van der Waals surface area contributed by atoms with Crippen molar-refractivity contribution in [3.63, 3.8) is 0 Å². The number of likely N-dealkylation sites (tertiary alicyclic amines) is 1. The van der Waals surface area contributed by atoms with Crippen LogP contribution in [0.1, 0.15) is 26.2 Å². The van der Waals surface area contributed by atoms with Gasteiger partial charge in [-0.25, -0.2) is 9.59 Å². The number of carbonyl (C=O) groups excluding carboxylic acids is 2. The molecule has 3 amide bonds. The zero-order valence-electron chi connectivity index (χ0n) is 7.38. The van der Waals surface area contributed by atoms with Gasteiger partial charge in [-0.3, -0.25) is 0 Å². The first-order chi connectivity index (χ1) is 5.63. The van der Waals surface area contributed by atoms with Crippen LogP contribution in [0.3, 0.4) is 0 Å². The maximum Gasteiger partial charge on any atom is 0.421 e. The molecular weight excluding hydrogens is 156 g/mol. The van der Waals surface area contributed by atoms with E-state index in [0.29, 0.717) is 19.5 Å². The monoisotopic (exact) mass is 171 g/mol. The molecule has 1 atom stereocenters. The lowest BCUT2D eigenvalue weighted by molar-refractivity contribution is -0.763. The molecule has 1 fully saturated rings. The lowest BCUT2D eigenvalue weighted by Crippen LogP contribution is -2.56. The highest BCUT2D eigenvalue weighted by molar-refractivity contribution is 5.84. The van der Waals surface area contributed by atoms with E-state index in [9.17, 15) is 9.59 Å². The van der Waals surface area contributed by atoms with Crippen LogP contribution in [-0.2, 0) is 4.79 Å². The molecule has 0 spiro atoms. The van der Waals surface area contributed by atoms with Crippen molar-refractivity contribution in [2.45, 2.75) is 26.2 Å². The van der Waals surface area contributed by atoms with Gasteiger partial charge in [-0.15, -0.1) is 0 Å². The lowest BCUT2D eigenvalue weighted by Gasteiger charge is -2.25. The van der Waals surface area contributed by atoms with Crippen molar-refractivity contribution in [2.75, 3.05) is 13.1 Å². The standard InChI is InChI=1S/C8H14N2O2/c1-2-5-10(8(9)12)6-3-4-7(10)11/h2-6H2,1H3,(H-,9,12)/p+1. The first-order valence-electron chi connectivity index (χ1n) is 4.34. The number of rotatable bonds is 2. The van der Waals surface area contributed by atoms with E-state index in [4.69, 9.17) is 5.73 Å². The molecule has 68 valence electrons. The summed E-state index contributed by atoms with van der Waals surface area (Å²) < 4.78 is -0.115. The number of hydrogen-bond donors (Lipinski definition) is 1. The molecule has 1 rings (SSSR count). The fourth-order valence-electron chi connectivity index (χ4n) is 1.80. The summed E-state index contributed by atoms with van der Waals surface area (Å²) in [5, 5.41) is 0. The van der Waals surface area contributed by atoms with Gasteiger partial charge < -0.3 is 5.73 Å². The summed E-state index contributed by atoms with van der Waals surface area (Å²) in [5.74, 6) is -0.00986. The molecule has 0 aliphatic carbocycles. The van der Waals surface area contributed by atoms with E-state index in [0.717, 1.165) is 12.8 Å². The normalized spacial score (nSPS) is 29.2. The Labute approximate surface area is 71.9 Å². The van der Waals surface area contributed by atoms with Crippen LogP contribution in [0.25, 0.3) is 0 Å². The zero-order chi connectivity index (χ0) is 9.19. The smallest absolute Gasteiger partial charge is 0.318 e. The minimum absolute atomic E-state index is 0.00986. The first kappa shape index (κ1) is 9.19. The Morgan fingerprint density at radius 2 is 2.33 bits per heavy atom. The number of amides is 3. The molecule has 0 aromatic rings. The second kappa shape index (κ2) is 3.23. The minimum atomic E-state index is -0.487. The topological polar surface area (TPSA) is 60.2 Å². The average molecular weight is 171 g/mol. The predicted molar refractivity (Wildman–Crippen MR) is 44.1 cm³/mol. The molecule has 4 heteroatoms. The summed E-state index contributed by atoms with van der Waals surface area (Å²) in [6, 6.07) is -0.487. The number of nitrogens with two attached hydrogens (primary N) is 1. The Morgan fingerprint density at radius 3 is 2.67 bits per heavy atom. The summed E-state index contributed by atoms with van der Waals surface area (Å²) >= 11 is 0. The Morgan fingerprint density at radius 1 is 1.67 bits per heavy atom. The molecular formula is C8H15N2O2+. The van der Waals surface area contributed by atoms with E-state index in [1.54, 1.807) is 0 Å². The van der Waals surface area contributed by atoms with Crippen LogP contribution in [0.15, 0.2) is 0 Å². The third-order valence-corrected chi connectivity index (χ3v) is 2.44. The fraction of sp³-hybridized carbons (Fsp3) is 0.750. The number of imide groups is 1. The van der Waals surface area contributed by atoms with Crippen molar-refractivity contribution in [3.8, 4) is 0 Å². The molecule has 1 aliphatic heterocycles. The van der Waals surface area contributed by atoms with E-state index in [1.807, 2.05) is 6.92 Å². The number of carbonyl (C=O) groups is 2. The third-order valence-electron chi connectivity index (χ3n) is 2.44. The maximum atomic E-state index is 11.4. The number of primary amides is 1. The lowest BCUT2D eigenvalue weighted by atomic mass is 10.3. The van der Waals surface area contributed by atoms with Crippen LogP contribution in [0.4, 0.5) is 4.79 Å². The molecule has 1 heterocycles. The van der Waals surface area contributed by atoms with Crippen LogP contribution in [-0.4, -0.2) is 29.5 Å². The van der Waals surface area contributed by atoms with Crippen LogP contribution < -0.4 is 5.73 Å². The number of quaternary nitrogens is 1. The van der Waals surface area contributed by atoms with Gasteiger partial charge in [0, 0.05) is 6.42 Å². The largest absolute Gasteiger partial charge is 0.421 e. The van der Waals surface area contributed by atoms with E-state index in [-0.39, 0.29) is 10.4 Å². The van der Waals surface area contributed by atoms with E-state index >= 15 is 0 Å². The molecule has 1 unspecified atom stereocenters. The van der Waals surface area contributed by atoms with Crippen molar-refractivity contribution in [1.29, 1.82) is 0 Å². The first-order valence-corrected chi connectivity index (χ1v) is 4.34. The molecule has 0 aromatic heterocycles. The van der Waals surface area contributed by atoms with Crippen molar-refractivity contribution < 1.29 is 14.1 Å². The highest BCUT2D eigenvalue weighted by Gasteiger charge is 2.45. The van der Waals surface area contributed by atoms with Gasteiger partial charge in [0.15, 0.2) is 0 Å². The number of hydrogen-bond acceptors (Lipinski definition) is 2. The second-order valence-corrected chi connectivity index (χ2v) is 3.25. The molecule has 1 saturated heterocycles. The average Bonchev–Trinajstić information content (AvgIpc) is 2.34. The van der Waals surface area contributed by atoms with E-state index in [1.165, 1.54) is 0 Å². The van der Waals surface area contributed by atoms with Crippen molar-refractivity contribution in [3.05, 3.63) is 0 Å². The van der Waals surface area contributed by atoms with Gasteiger partial charge in [-0.1, -0.05) is 6.92 Å². The Bertz CT molecular complexity index is 215.